The maximum atomic E-state index is 6.46. The second-order valence-electron chi connectivity index (χ2n) is 7.50. The van der Waals surface area contributed by atoms with Crippen molar-refractivity contribution in [2.75, 3.05) is 14.2 Å². The van der Waals surface area contributed by atoms with Gasteiger partial charge in [0.1, 0.15) is 16.3 Å². The number of hydrogen-bond acceptors (Lipinski definition) is 4. The summed E-state index contributed by atoms with van der Waals surface area (Å²) in [6.45, 7) is 0. The average Bonchev–Trinajstić information content (AvgIpc) is 3.17. The highest BCUT2D eigenvalue weighted by atomic mass is 35.5. The number of rotatable bonds is 4. The predicted molar refractivity (Wildman–Crippen MR) is 132 cm³/mol. The predicted octanol–water partition coefficient (Wildman–Crippen LogP) is 7.60. The number of nitrogens with zero attached hydrogens (tertiary/aromatic N) is 1. The number of thiophene rings is 1. The lowest BCUT2D eigenvalue weighted by molar-refractivity contribution is 0.395. The number of fused-ring (bicyclic) bond motifs is 3. The molecule has 1 aliphatic carbocycles. The Kier molecular flexibility index (Phi) is 6.42. The number of ether oxygens (including phenoxy) is 2. The van der Waals surface area contributed by atoms with Gasteiger partial charge in [-0.15, -0.1) is 23.7 Å². The van der Waals surface area contributed by atoms with Crippen LogP contribution in [0, 0.1) is 0 Å². The first-order valence-corrected chi connectivity index (χ1v) is 11.3. The molecule has 0 saturated carbocycles. The van der Waals surface area contributed by atoms with Crippen molar-refractivity contribution in [3.05, 3.63) is 64.0 Å². The minimum Gasteiger partial charge on any atom is -0.496 e. The van der Waals surface area contributed by atoms with Crippen LogP contribution in [-0.2, 0) is 12.8 Å². The first-order valence-electron chi connectivity index (χ1n) is 10.1. The zero-order chi connectivity index (χ0) is 20.7. The Morgan fingerprint density at radius 2 is 1.65 bits per heavy atom. The van der Waals surface area contributed by atoms with Crippen molar-refractivity contribution in [3.63, 3.8) is 0 Å². The first-order chi connectivity index (χ1) is 14.7. The van der Waals surface area contributed by atoms with E-state index in [1.807, 2.05) is 23.5 Å². The van der Waals surface area contributed by atoms with E-state index < -0.39 is 0 Å². The molecule has 0 fully saturated rings. The molecular weight excluding hydrogens is 449 g/mol. The van der Waals surface area contributed by atoms with Gasteiger partial charge in [-0.25, -0.2) is 4.98 Å². The van der Waals surface area contributed by atoms with Crippen molar-refractivity contribution in [1.82, 2.24) is 4.98 Å². The second kappa shape index (κ2) is 9.07. The van der Waals surface area contributed by atoms with E-state index in [-0.39, 0.29) is 12.4 Å². The molecule has 31 heavy (non-hydrogen) atoms. The fraction of sp³-hybridized carbons (Fsp3) is 0.240. The zero-order valence-electron chi connectivity index (χ0n) is 17.4. The van der Waals surface area contributed by atoms with Gasteiger partial charge in [-0.05, 0) is 54.5 Å². The Balaban J connectivity index is 0.00000231. The minimum atomic E-state index is 0. The molecule has 2 aromatic carbocycles. The molecule has 6 heteroatoms. The summed E-state index contributed by atoms with van der Waals surface area (Å²) >= 11 is 8.29. The van der Waals surface area contributed by atoms with Gasteiger partial charge in [-0.3, -0.25) is 0 Å². The average molecular weight is 472 g/mol. The summed E-state index contributed by atoms with van der Waals surface area (Å²) < 4.78 is 11.0. The lowest BCUT2D eigenvalue weighted by atomic mass is 9.92. The number of hydrogen-bond donors (Lipinski definition) is 0. The molecule has 0 saturated heterocycles. The third kappa shape index (κ3) is 3.89. The lowest BCUT2D eigenvalue weighted by Crippen LogP contribution is -1.99. The molecule has 0 spiro atoms. The van der Waals surface area contributed by atoms with Crippen LogP contribution in [0.25, 0.3) is 32.6 Å². The van der Waals surface area contributed by atoms with Gasteiger partial charge in [-0.2, -0.15) is 0 Å². The molecule has 0 atom stereocenters. The molecule has 3 nitrogen and oxygen atoms in total. The highest BCUT2D eigenvalue weighted by molar-refractivity contribution is 7.19. The van der Waals surface area contributed by atoms with E-state index in [4.69, 9.17) is 26.1 Å². The summed E-state index contributed by atoms with van der Waals surface area (Å²) in [6.07, 6.45) is 4.79. The molecule has 0 aliphatic heterocycles. The smallest absolute Gasteiger partial charge is 0.141 e. The maximum Gasteiger partial charge on any atom is 0.141 e. The van der Waals surface area contributed by atoms with Crippen LogP contribution in [0.15, 0.2) is 48.5 Å². The van der Waals surface area contributed by atoms with Crippen LogP contribution in [0.1, 0.15) is 23.3 Å². The molecule has 0 bridgehead atoms. The molecule has 0 amide bonds. The fourth-order valence-corrected chi connectivity index (χ4v) is 5.83. The van der Waals surface area contributed by atoms with E-state index in [9.17, 15) is 0 Å². The number of pyridine rings is 1. The SMILES string of the molecule is COc1cc(OC)c(-c2cc(-c3ccccc3)c3c4c(sc3n2)CCCC4)cc1Cl.Cl. The summed E-state index contributed by atoms with van der Waals surface area (Å²) in [4.78, 5) is 7.66. The Bertz CT molecular complexity index is 1240. The van der Waals surface area contributed by atoms with Crippen molar-refractivity contribution >= 4 is 45.6 Å². The summed E-state index contributed by atoms with van der Waals surface area (Å²) in [5, 5.41) is 1.85. The van der Waals surface area contributed by atoms with Crippen molar-refractivity contribution in [1.29, 1.82) is 0 Å². The number of aryl methyl sites for hydroxylation is 2. The van der Waals surface area contributed by atoms with E-state index in [0.29, 0.717) is 16.5 Å². The fourth-order valence-electron chi connectivity index (χ4n) is 4.30. The van der Waals surface area contributed by atoms with Gasteiger partial charge in [0.05, 0.1) is 24.9 Å². The van der Waals surface area contributed by atoms with Crippen LogP contribution in [0.5, 0.6) is 11.5 Å². The Morgan fingerprint density at radius 3 is 2.39 bits per heavy atom. The van der Waals surface area contributed by atoms with Crippen molar-refractivity contribution < 1.29 is 9.47 Å². The highest BCUT2D eigenvalue weighted by Crippen LogP contribution is 2.44. The van der Waals surface area contributed by atoms with Crippen LogP contribution in [0.2, 0.25) is 5.02 Å². The molecular formula is C25H23Cl2NO2S. The lowest BCUT2D eigenvalue weighted by Gasteiger charge is -2.15. The zero-order valence-corrected chi connectivity index (χ0v) is 19.8. The van der Waals surface area contributed by atoms with Gasteiger partial charge < -0.3 is 9.47 Å². The Labute approximate surface area is 197 Å². The van der Waals surface area contributed by atoms with Gasteiger partial charge in [0.15, 0.2) is 0 Å². The van der Waals surface area contributed by atoms with Crippen LogP contribution in [-0.4, -0.2) is 19.2 Å². The van der Waals surface area contributed by atoms with Gasteiger partial charge >= 0.3 is 0 Å². The van der Waals surface area contributed by atoms with Crippen LogP contribution in [0.4, 0.5) is 0 Å². The highest BCUT2D eigenvalue weighted by Gasteiger charge is 2.22. The van der Waals surface area contributed by atoms with Gasteiger partial charge in [0.25, 0.3) is 0 Å². The molecule has 2 heterocycles. The Hall–Kier alpha value is -2.27. The van der Waals surface area contributed by atoms with Crippen LogP contribution >= 0.6 is 35.3 Å². The van der Waals surface area contributed by atoms with E-state index in [0.717, 1.165) is 28.9 Å². The number of benzene rings is 2. The van der Waals surface area contributed by atoms with Gasteiger partial charge in [0, 0.05) is 21.9 Å². The van der Waals surface area contributed by atoms with E-state index in [1.54, 1.807) is 14.2 Å². The summed E-state index contributed by atoms with van der Waals surface area (Å²) in [6, 6.07) is 16.5. The molecule has 0 radical (unpaired) electrons. The largest absolute Gasteiger partial charge is 0.496 e. The van der Waals surface area contributed by atoms with Crippen LogP contribution < -0.4 is 9.47 Å². The number of aromatic nitrogens is 1. The van der Waals surface area contributed by atoms with Gasteiger partial charge in [-0.1, -0.05) is 41.9 Å². The van der Waals surface area contributed by atoms with Crippen molar-refractivity contribution in [3.8, 4) is 33.9 Å². The minimum absolute atomic E-state index is 0. The normalized spacial score (nSPS) is 12.9. The van der Waals surface area contributed by atoms with E-state index in [2.05, 4.69) is 36.4 Å². The molecule has 5 rings (SSSR count). The van der Waals surface area contributed by atoms with Crippen LogP contribution in [0.3, 0.4) is 0 Å². The molecule has 4 aromatic rings. The first kappa shape index (κ1) is 21.9. The Morgan fingerprint density at radius 1 is 0.903 bits per heavy atom. The molecule has 0 unspecified atom stereocenters. The molecule has 0 N–H and O–H groups in total. The third-order valence-corrected chi connectivity index (χ3v) is 7.24. The number of halogens is 2. The quantitative estimate of drug-likeness (QED) is 0.306. The maximum absolute atomic E-state index is 6.46. The second-order valence-corrected chi connectivity index (χ2v) is 8.99. The van der Waals surface area contributed by atoms with Crippen molar-refractivity contribution in [2.45, 2.75) is 25.7 Å². The number of methoxy groups -OCH3 is 2. The topological polar surface area (TPSA) is 31.4 Å². The molecule has 1 aliphatic rings. The van der Waals surface area contributed by atoms with E-state index >= 15 is 0 Å². The summed E-state index contributed by atoms with van der Waals surface area (Å²) in [5.74, 6) is 1.29. The van der Waals surface area contributed by atoms with Crippen molar-refractivity contribution in [2.24, 2.45) is 0 Å². The summed E-state index contributed by atoms with van der Waals surface area (Å²) in [7, 11) is 3.26. The monoisotopic (exact) mass is 471 g/mol. The summed E-state index contributed by atoms with van der Waals surface area (Å²) in [5.41, 5.74) is 5.65. The third-order valence-electron chi connectivity index (χ3n) is 5.76. The molecule has 160 valence electrons. The van der Waals surface area contributed by atoms with Gasteiger partial charge in [0.2, 0.25) is 0 Å². The van der Waals surface area contributed by atoms with E-state index in [1.165, 1.54) is 39.8 Å². The standard InChI is InChI=1S/C25H22ClNO2S.ClH/c1-28-21-14-22(29-2)19(26)12-18(21)20-13-17(15-8-4-3-5-9-15)24-16-10-6-7-11-23(16)30-25(24)27-20;/h3-5,8-9,12-14H,6-7,10-11H2,1-2H3;1H. The molecule has 2 aromatic heterocycles.